The first-order valence-corrected chi connectivity index (χ1v) is 8.04. The van der Waals surface area contributed by atoms with Gasteiger partial charge in [-0.1, -0.05) is 29.8 Å². The molecular weight excluding hydrogens is 350 g/mol. The second-order valence-electron chi connectivity index (χ2n) is 4.51. The largest absolute Gasteiger partial charge is 0.497 e. The lowest BCUT2D eigenvalue weighted by Gasteiger charge is -2.18. The van der Waals surface area contributed by atoms with E-state index in [1.54, 1.807) is 19.9 Å². The minimum atomic E-state index is -3.95. The maximum Gasteiger partial charge on any atom is 0.322 e. The van der Waals surface area contributed by atoms with Crippen molar-refractivity contribution in [1.82, 2.24) is 4.72 Å². The standard InChI is InChI=1S/C12H16BrNO5S/c1-7(2)11(12(15)16)14-20(17,18)10-5-8(13)4-9(6-10)19-3/h4-7,11,14H,1-3H3,(H,15,16)/t11-/m1/s1. The summed E-state index contributed by atoms with van der Waals surface area (Å²) in [5.41, 5.74) is 0. The van der Waals surface area contributed by atoms with E-state index < -0.39 is 22.0 Å². The number of carboxylic acid groups (broad SMARTS) is 1. The highest BCUT2D eigenvalue weighted by Crippen LogP contribution is 2.24. The zero-order chi connectivity index (χ0) is 15.5. The minimum absolute atomic E-state index is 0.0596. The smallest absolute Gasteiger partial charge is 0.322 e. The molecule has 0 aliphatic rings. The van der Waals surface area contributed by atoms with Crippen molar-refractivity contribution in [1.29, 1.82) is 0 Å². The molecule has 0 radical (unpaired) electrons. The van der Waals surface area contributed by atoms with Crippen LogP contribution >= 0.6 is 15.9 Å². The first-order chi connectivity index (χ1) is 9.17. The van der Waals surface area contributed by atoms with Gasteiger partial charge in [-0.05, 0) is 18.1 Å². The highest BCUT2D eigenvalue weighted by Gasteiger charge is 2.28. The summed E-state index contributed by atoms with van der Waals surface area (Å²) in [5.74, 6) is -1.24. The number of halogens is 1. The number of nitrogens with one attached hydrogen (secondary N) is 1. The van der Waals surface area contributed by atoms with E-state index in [-0.39, 0.29) is 10.8 Å². The molecule has 1 aromatic rings. The second kappa shape index (κ2) is 6.55. The summed E-state index contributed by atoms with van der Waals surface area (Å²) in [4.78, 5) is 11.0. The molecule has 20 heavy (non-hydrogen) atoms. The summed E-state index contributed by atoms with van der Waals surface area (Å²) in [6.07, 6.45) is 0. The van der Waals surface area contributed by atoms with Gasteiger partial charge in [0.15, 0.2) is 0 Å². The molecule has 0 unspecified atom stereocenters. The van der Waals surface area contributed by atoms with Gasteiger partial charge in [0.2, 0.25) is 10.0 Å². The van der Waals surface area contributed by atoms with Gasteiger partial charge in [-0.3, -0.25) is 4.79 Å². The van der Waals surface area contributed by atoms with Gasteiger partial charge in [0, 0.05) is 10.5 Å². The van der Waals surface area contributed by atoms with Crippen molar-refractivity contribution in [2.45, 2.75) is 24.8 Å². The number of carboxylic acids is 1. The zero-order valence-electron chi connectivity index (χ0n) is 11.3. The van der Waals surface area contributed by atoms with E-state index in [1.807, 2.05) is 0 Å². The molecule has 1 rings (SSSR count). The summed E-state index contributed by atoms with van der Waals surface area (Å²) in [6, 6.07) is 3.12. The van der Waals surface area contributed by atoms with Crippen molar-refractivity contribution in [3.05, 3.63) is 22.7 Å². The Hall–Kier alpha value is -1.12. The quantitative estimate of drug-likeness (QED) is 0.802. The predicted molar refractivity (Wildman–Crippen MR) is 77.3 cm³/mol. The fourth-order valence-electron chi connectivity index (χ4n) is 1.52. The van der Waals surface area contributed by atoms with Gasteiger partial charge in [0.1, 0.15) is 11.8 Å². The monoisotopic (exact) mass is 365 g/mol. The number of sulfonamides is 1. The van der Waals surface area contributed by atoms with Gasteiger partial charge in [0.05, 0.1) is 12.0 Å². The second-order valence-corrected chi connectivity index (χ2v) is 7.14. The number of ether oxygens (including phenoxy) is 1. The fourth-order valence-corrected chi connectivity index (χ4v) is 3.54. The van der Waals surface area contributed by atoms with E-state index in [0.717, 1.165) is 0 Å². The van der Waals surface area contributed by atoms with Gasteiger partial charge < -0.3 is 9.84 Å². The van der Waals surface area contributed by atoms with Crippen molar-refractivity contribution < 1.29 is 23.1 Å². The van der Waals surface area contributed by atoms with E-state index >= 15 is 0 Å². The van der Waals surface area contributed by atoms with Gasteiger partial charge in [-0.25, -0.2) is 8.42 Å². The summed E-state index contributed by atoms with van der Waals surface area (Å²) >= 11 is 3.18. The molecule has 0 aromatic heterocycles. The summed E-state index contributed by atoms with van der Waals surface area (Å²) < 4.78 is 32.1. The first kappa shape index (κ1) is 16.9. The highest BCUT2D eigenvalue weighted by atomic mass is 79.9. The summed E-state index contributed by atoms with van der Waals surface area (Å²) in [6.45, 7) is 3.26. The minimum Gasteiger partial charge on any atom is -0.497 e. The SMILES string of the molecule is COc1cc(Br)cc(S(=O)(=O)N[C@@H](C(=O)O)C(C)C)c1. The Balaban J connectivity index is 3.16. The third kappa shape index (κ3) is 4.19. The van der Waals surface area contributed by atoms with E-state index in [4.69, 9.17) is 9.84 Å². The molecule has 0 saturated carbocycles. The van der Waals surface area contributed by atoms with E-state index in [0.29, 0.717) is 10.2 Å². The number of rotatable bonds is 6. The number of hydrogen-bond acceptors (Lipinski definition) is 4. The maximum absolute atomic E-state index is 12.2. The lowest BCUT2D eigenvalue weighted by atomic mass is 10.1. The molecule has 0 spiro atoms. The Morgan fingerprint density at radius 3 is 2.40 bits per heavy atom. The number of aliphatic carboxylic acids is 1. The Bertz CT molecular complexity index is 600. The molecule has 0 aliphatic heterocycles. The molecule has 112 valence electrons. The van der Waals surface area contributed by atoms with Crippen LogP contribution < -0.4 is 9.46 Å². The van der Waals surface area contributed by atoms with Crippen LogP contribution in [-0.4, -0.2) is 32.6 Å². The molecule has 1 aromatic carbocycles. The van der Waals surface area contributed by atoms with Crippen molar-refractivity contribution >= 4 is 31.9 Å². The van der Waals surface area contributed by atoms with E-state index in [1.165, 1.54) is 19.2 Å². The van der Waals surface area contributed by atoms with E-state index in [9.17, 15) is 13.2 Å². The lowest BCUT2D eigenvalue weighted by molar-refractivity contribution is -0.140. The predicted octanol–water partition coefficient (Wildman–Crippen LogP) is 1.85. The Kier molecular flexibility index (Phi) is 5.55. The number of carbonyl (C=O) groups is 1. The average Bonchev–Trinajstić information content (AvgIpc) is 2.34. The summed E-state index contributed by atoms with van der Waals surface area (Å²) in [7, 11) is -2.53. The summed E-state index contributed by atoms with van der Waals surface area (Å²) in [5, 5.41) is 9.05. The van der Waals surface area contributed by atoms with Crippen LogP contribution in [-0.2, 0) is 14.8 Å². The molecule has 6 nitrogen and oxygen atoms in total. The normalized spacial score (nSPS) is 13.2. The van der Waals surface area contributed by atoms with Crippen molar-refractivity contribution in [2.75, 3.05) is 7.11 Å². The first-order valence-electron chi connectivity index (χ1n) is 5.77. The maximum atomic E-state index is 12.2. The van der Waals surface area contributed by atoms with Crippen LogP contribution in [0, 0.1) is 5.92 Å². The van der Waals surface area contributed by atoms with Crippen LogP contribution in [0.5, 0.6) is 5.75 Å². The molecule has 1 atom stereocenters. The molecule has 0 amide bonds. The number of benzene rings is 1. The average molecular weight is 366 g/mol. The van der Waals surface area contributed by atoms with Crippen molar-refractivity contribution in [2.24, 2.45) is 5.92 Å². The van der Waals surface area contributed by atoms with Gasteiger partial charge in [0.25, 0.3) is 0 Å². The van der Waals surface area contributed by atoms with E-state index in [2.05, 4.69) is 20.7 Å². The Morgan fingerprint density at radius 1 is 1.35 bits per heavy atom. The third-order valence-corrected chi connectivity index (χ3v) is 4.48. The van der Waals surface area contributed by atoms with Gasteiger partial charge >= 0.3 is 5.97 Å². The fraction of sp³-hybridized carbons (Fsp3) is 0.417. The topological polar surface area (TPSA) is 92.7 Å². The molecule has 8 heteroatoms. The van der Waals surface area contributed by atoms with Crippen molar-refractivity contribution in [3.63, 3.8) is 0 Å². The molecule has 0 fully saturated rings. The van der Waals surface area contributed by atoms with Crippen LogP contribution in [0.1, 0.15) is 13.8 Å². The van der Waals surface area contributed by atoms with Gasteiger partial charge in [-0.15, -0.1) is 0 Å². The Morgan fingerprint density at radius 2 is 1.95 bits per heavy atom. The molecule has 0 heterocycles. The molecule has 2 N–H and O–H groups in total. The van der Waals surface area contributed by atoms with Crippen LogP contribution in [0.2, 0.25) is 0 Å². The van der Waals surface area contributed by atoms with Crippen LogP contribution in [0.4, 0.5) is 0 Å². The molecule has 0 bridgehead atoms. The Labute approximate surface area is 126 Å². The molecule has 0 saturated heterocycles. The van der Waals surface area contributed by atoms with Gasteiger partial charge in [-0.2, -0.15) is 4.72 Å². The van der Waals surface area contributed by atoms with Crippen LogP contribution in [0.15, 0.2) is 27.6 Å². The number of methoxy groups -OCH3 is 1. The molecular formula is C12H16BrNO5S. The lowest BCUT2D eigenvalue weighted by Crippen LogP contribution is -2.44. The van der Waals surface area contributed by atoms with Crippen molar-refractivity contribution in [3.8, 4) is 5.75 Å². The number of hydrogen-bond donors (Lipinski definition) is 2. The van der Waals surface area contributed by atoms with Crippen LogP contribution in [0.3, 0.4) is 0 Å². The molecule has 0 aliphatic carbocycles. The highest BCUT2D eigenvalue weighted by molar-refractivity contribution is 9.10. The zero-order valence-corrected chi connectivity index (χ0v) is 13.7. The third-order valence-electron chi connectivity index (χ3n) is 2.61. The van der Waals surface area contributed by atoms with Crippen LogP contribution in [0.25, 0.3) is 0 Å².